The number of aryl methyl sites for hydroxylation is 1. The number of rotatable bonds is 4. The van der Waals surface area contributed by atoms with E-state index in [1.165, 1.54) is 0 Å². The molecule has 0 aliphatic carbocycles. The van der Waals surface area contributed by atoms with Gasteiger partial charge in [0, 0.05) is 41.4 Å². The van der Waals surface area contributed by atoms with Crippen LogP contribution in [-0.4, -0.2) is 16.6 Å². The molecule has 1 N–H and O–H groups in total. The fourth-order valence-corrected chi connectivity index (χ4v) is 2.73. The van der Waals surface area contributed by atoms with E-state index in [1.807, 2.05) is 49.3 Å². The van der Waals surface area contributed by atoms with Crippen molar-refractivity contribution >= 4 is 27.5 Å². The topological polar surface area (TPSA) is 29.9 Å². The van der Waals surface area contributed by atoms with E-state index in [1.54, 1.807) is 0 Å². The van der Waals surface area contributed by atoms with Gasteiger partial charge in [0.05, 0.1) is 0 Å². The van der Waals surface area contributed by atoms with Gasteiger partial charge in [-0.15, -0.1) is 0 Å². The Balaban J connectivity index is 2.26. The van der Waals surface area contributed by atoms with E-state index < -0.39 is 0 Å². The third kappa shape index (κ3) is 2.94. The van der Waals surface area contributed by atoms with Gasteiger partial charge in [-0.25, -0.2) is 4.98 Å². The Labute approximate surface area is 120 Å². The molecular formula is C13H15BrClN3. The van der Waals surface area contributed by atoms with E-state index in [9.17, 15) is 0 Å². The van der Waals surface area contributed by atoms with Gasteiger partial charge < -0.3 is 9.88 Å². The Morgan fingerprint density at radius 1 is 1.50 bits per heavy atom. The van der Waals surface area contributed by atoms with Crippen molar-refractivity contribution in [1.29, 1.82) is 0 Å². The van der Waals surface area contributed by atoms with Crippen molar-refractivity contribution in [2.24, 2.45) is 7.05 Å². The summed E-state index contributed by atoms with van der Waals surface area (Å²) >= 11 is 9.70. The summed E-state index contributed by atoms with van der Waals surface area (Å²) in [6.07, 6.45) is 4.57. The lowest BCUT2D eigenvalue weighted by molar-refractivity contribution is 0.564. The molecule has 0 bridgehead atoms. The zero-order valence-corrected chi connectivity index (χ0v) is 12.7. The van der Waals surface area contributed by atoms with Crippen molar-refractivity contribution < 1.29 is 0 Å². The number of benzene rings is 1. The van der Waals surface area contributed by atoms with Crippen LogP contribution < -0.4 is 5.32 Å². The van der Waals surface area contributed by atoms with E-state index in [4.69, 9.17) is 11.6 Å². The molecule has 3 nitrogen and oxygen atoms in total. The van der Waals surface area contributed by atoms with Crippen LogP contribution in [0, 0.1) is 0 Å². The molecule has 2 aromatic rings. The number of aromatic nitrogens is 2. The number of likely N-dealkylation sites (N-methyl/N-ethyl adjacent to an activating group) is 1. The van der Waals surface area contributed by atoms with E-state index in [0.29, 0.717) is 0 Å². The maximum absolute atomic E-state index is 6.29. The normalized spacial score (nSPS) is 12.7. The molecule has 0 radical (unpaired) electrons. The molecule has 1 aromatic carbocycles. The molecule has 0 saturated heterocycles. The van der Waals surface area contributed by atoms with E-state index in [0.717, 1.165) is 27.3 Å². The first-order valence-corrected chi connectivity index (χ1v) is 6.87. The standard InChI is InChI=1S/C13H15BrClN3/c1-16-12(8-13-17-5-6-18(13)2)10-4-3-9(14)7-11(10)15/h3-7,12,16H,8H2,1-2H3. The average Bonchev–Trinajstić information content (AvgIpc) is 2.73. The minimum Gasteiger partial charge on any atom is -0.338 e. The maximum atomic E-state index is 6.29. The summed E-state index contributed by atoms with van der Waals surface area (Å²) in [5, 5.41) is 4.05. The number of nitrogens with one attached hydrogen (secondary N) is 1. The molecule has 0 spiro atoms. The third-order valence-electron chi connectivity index (χ3n) is 2.99. The molecular weight excluding hydrogens is 314 g/mol. The smallest absolute Gasteiger partial charge is 0.110 e. The van der Waals surface area contributed by atoms with Gasteiger partial charge in [-0.3, -0.25) is 0 Å². The molecule has 5 heteroatoms. The zero-order valence-electron chi connectivity index (χ0n) is 10.3. The van der Waals surface area contributed by atoms with Crippen LogP contribution in [0.15, 0.2) is 35.1 Å². The molecule has 18 heavy (non-hydrogen) atoms. The second-order valence-corrected chi connectivity index (χ2v) is 5.49. The first-order chi connectivity index (χ1) is 8.61. The fraction of sp³-hybridized carbons (Fsp3) is 0.308. The van der Waals surface area contributed by atoms with Crippen LogP contribution in [0.4, 0.5) is 0 Å². The number of imidazole rings is 1. The van der Waals surface area contributed by atoms with Crippen LogP contribution >= 0.6 is 27.5 Å². The molecule has 0 saturated carbocycles. The number of hydrogen-bond acceptors (Lipinski definition) is 2. The number of nitrogens with zero attached hydrogens (tertiary/aromatic N) is 2. The van der Waals surface area contributed by atoms with Gasteiger partial charge in [0.15, 0.2) is 0 Å². The van der Waals surface area contributed by atoms with Crippen LogP contribution in [0.25, 0.3) is 0 Å². The highest BCUT2D eigenvalue weighted by molar-refractivity contribution is 9.10. The van der Waals surface area contributed by atoms with Gasteiger partial charge in [0.2, 0.25) is 0 Å². The molecule has 1 atom stereocenters. The summed E-state index contributed by atoms with van der Waals surface area (Å²) in [6, 6.07) is 6.12. The summed E-state index contributed by atoms with van der Waals surface area (Å²) in [5.41, 5.74) is 1.09. The van der Waals surface area contributed by atoms with Crippen molar-refractivity contribution in [3.05, 3.63) is 51.5 Å². The van der Waals surface area contributed by atoms with Crippen LogP contribution in [0.2, 0.25) is 5.02 Å². The lowest BCUT2D eigenvalue weighted by Crippen LogP contribution is -2.20. The molecule has 0 fully saturated rings. The van der Waals surface area contributed by atoms with Gasteiger partial charge in [-0.05, 0) is 24.7 Å². The molecule has 1 heterocycles. The van der Waals surface area contributed by atoms with Crippen molar-refractivity contribution in [2.45, 2.75) is 12.5 Å². The highest BCUT2D eigenvalue weighted by Crippen LogP contribution is 2.28. The summed E-state index contributed by atoms with van der Waals surface area (Å²) in [5.74, 6) is 1.04. The minimum absolute atomic E-state index is 0.159. The predicted molar refractivity (Wildman–Crippen MR) is 77.9 cm³/mol. The van der Waals surface area contributed by atoms with Crippen LogP contribution in [0.1, 0.15) is 17.4 Å². The first kappa shape index (κ1) is 13.6. The lowest BCUT2D eigenvalue weighted by atomic mass is 10.0. The Morgan fingerprint density at radius 3 is 2.83 bits per heavy atom. The molecule has 1 aromatic heterocycles. The highest BCUT2D eigenvalue weighted by atomic mass is 79.9. The SMILES string of the molecule is CNC(Cc1nccn1C)c1ccc(Br)cc1Cl. The maximum Gasteiger partial charge on any atom is 0.110 e. The predicted octanol–water partition coefficient (Wildman–Crippen LogP) is 3.34. The molecule has 0 amide bonds. The lowest BCUT2D eigenvalue weighted by Gasteiger charge is -2.18. The average molecular weight is 329 g/mol. The summed E-state index contributed by atoms with van der Waals surface area (Å²) < 4.78 is 3.01. The van der Waals surface area contributed by atoms with E-state index >= 15 is 0 Å². The quantitative estimate of drug-likeness (QED) is 0.933. The van der Waals surface area contributed by atoms with Gasteiger partial charge in [-0.2, -0.15) is 0 Å². The summed E-state index contributed by atoms with van der Waals surface area (Å²) in [6.45, 7) is 0. The number of hydrogen-bond donors (Lipinski definition) is 1. The third-order valence-corrected chi connectivity index (χ3v) is 3.81. The molecule has 96 valence electrons. The molecule has 0 aliphatic heterocycles. The molecule has 0 aliphatic rings. The summed E-state index contributed by atoms with van der Waals surface area (Å²) in [4.78, 5) is 4.35. The second-order valence-electron chi connectivity index (χ2n) is 4.17. The number of halogens is 2. The van der Waals surface area contributed by atoms with Gasteiger partial charge in [0.25, 0.3) is 0 Å². The van der Waals surface area contributed by atoms with Gasteiger partial charge in [-0.1, -0.05) is 33.6 Å². The fourth-order valence-electron chi connectivity index (χ4n) is 1.93. The largest absolute Gasteiger partial charge is 0.338 e. The van der Waals surface area contributed by atoms with Crippen molar-refractivity contribution in [2.75, 3.05) is 7.05 Å². The Morgan fingerprint density at radius 2 is 2.28 bits per heavy atom. The Bertz CT molecular complexity index is 539. The van der Waals surface area contributed by atoms with Gasteiger partial charge in [0.1, 0.15) is 5.82 Å². The van der Waals surface area contributed by atoms with Crippen LogP contribution in [0.5, 0.6) is 0 Å². The van der Waals surface area contributed by atoms with E-state index in [-0.39, 0.29) is 6.04 Å². The van der Waals surface area contributed by atoms with Crippen LogP contribution in [-0.2, 0) is 13.5 Å². The van der Waals surface area contributed by atoms with Gasteiger partial charge >= 0.3 is 0 Å². The van der Waals surface area contributed by atoms with Crippen LogP contribution in [0.3, 0.4) is 0 Å². The Hall–Kier alpha value is -0.840. The minimum atomic E-state index is 0.159. The first-order valence-electron chi connectivity index (χ1n) is 5.70. The molecule has 1 unspecified atom stereocenters. The molecule has 2 rings (SSSR count). The zero-order chi connectivity index (χ0) is 13.1. The Kier molecular flexibility index (Phi) is 4.43. The second kappa shape index (κ2) is 5.87. The van der Waals surface area contributed by atoms with E-state index in [2.05, 4.69) is 26.2 Å². The highest BCUT2D eigenvalue weighted by Gasteiger charge is 2.15. The van der Waals surface area contributed by atoms with Crippen molar-refractivity contribution in [1.82, 2.24) is 14.9 Å². The monoisotopic (exact) mass is 327 g/mol. The van der Waals surface area contributed by atoms with Crippen molar-refractivity contribution in [3.63, 3.8) is 0 Å². The van der Waals surface area contributed by atoms with Crippen molar-refractivity contribution in [3.8, 4) is 0 Å². The summed E-state index contributed by atoms with van der Waals surface area (Å²) in [7, 11) is 3.93.